The molecule has 1 aromatic carbocycles. The van der Waals surface area contributed by atoms with Crippen LogP contribution in [0.2, 0.25) is 0 Å². The minimum atomic E-state index is 0.0212. The van der Waals surface area contributed by atoms with E-state index in [0.717, 1.165) is 42.8 Å². The molecule has 0 saturated carbocycles. The zero-order chi connectivity index (χ0) is 18.1. The van der Waals surface area contributed by atoms with Gasteiger partial charge in [0.1, 0.15) is 0 Å². The number of rotatable bonds is 2. The molecule has 2 aliphatic rings. The first-order valence-electron chi connectivity index (χ1n) is 9.38. The zero-order valence-corrected chi connectivity index (χ0v) is 15.9. The first-order valence-corrected chi connectivity index (χ1v) is 10.3. The minimum absolute atomic E-state index is 0.0212. The van der Waals surface area contributed by atoms with Crippen molar-refractivity contribution < 1.29 is 9.59 Å². The fourth-order valence-corrected chi connectivity index (χ4v) is 4.86. The van der Waals surface area contributed by atoms with Gasteiger partial charge in [-0.3, -0.25) is 9.59 Å². The van der Waals surface area contributed by atoms with Crippen molar-refractivity contribution in [2.24, 2.45) is 5.92 Å². The Morgan fingerprint density at radius 3 is 2.62 bits per heavy atom. The number of amides is 2. The first kappa shape index (κ1) is 17.3. The summed E-state index contributed by atoms with van der Waals surface area (Å²) >= 11 is 1.48. The molecule has 1 fully saturated rings. The fourth-order valence-electron chi connectivity index (χ4n) is 4.17. The van der Waals surface area contributed by atoms with Gasteiger partial charge in [0.05, 0.1) is 4.88 Å². The van der Waals surface area contributed by atoms with Crippen LogP contribution in [0.3, 0.4) is 0 Å². The van der Waals surface area contributed by atoms with Crippen LogP contribution in [0.4, 0.5) is 5.69 Å². The molecular formula is C21H24N2O2S. The van der Waals surface area contributed by atoms with Crippen molar-refractivity contribution in [3.63, 3.8) is 0 Å². The number of aryl methyl sites for hydroxylation is 2. The zero-order valence-electron chi connectivity index (χ0n) is 15.1. The van der Waals surface area contributed by atoms with E-state index in [1.807, 2.05) is 27.3 Å². The predicted molar refractivity (Wildman–Crippen MR) is 105 cm³/mol. The molecule has 0 N–H and O–H groups in total. The minimum Gasteiger partial charge on any atom is -0.338 e. The molecule has 0 bridgehead atoms. The second-order valence-corrected chi connectivity index (χ2v) is 8.17. The second kappa shape index (κ2) is 7.23. The molecule has 136 valence electrons. The summed E-state index contributed by atoms with van der Waals surface area (Å²) in [7, 11) is 0. The van der Waals surface area contributed by atoms with Crippen LogP contribution in [0.25, 0.3) is 0 Å². The smallest absolute Gasteiger partial charge is 0.263 e. The fraction of sp³-hybridized carbons (Fsp3) is 0.429. The Kier molecular flexibility index (Phi) is 4.81. The lowest BCUT2D eigenvalue weighted by Crippen LogP contribution is -2.46. The van der Waals surface area contributed by atoms with E-state index in [1.165, 1.54) is 22.5 Å². The lowest BCUT2D eigenvalue weighted by atomic mass is 9.92. The van der Waals surface area contributed by atoms with Crippen molar-refractivity contribution in [3.05, 3.63) is 51.7 Å². The maximum atomic E-state index is 13.2. The second-order valence-electron chi connectivity index (χ2n) is 7.22. The topological polar surface area (TPSA) is 40.6 Å². The van der Waals surface area contributed by atoms with E-state index in [9.17, 15) is 9.59 Å². The van der Waals surface area contributed by atoms with Crippen molar-refractivity contribution in [1.29, 1.82) is 0 Å². The SMILES string of the molecule is Cc1cccc2c1N(C(=O)C1CCN(C(=O)c3cccs3)CC1)CCC2. The van der Waals surface area contributed by atoms with E-state index < -0.39 is 0 Å². The largest absolute Gasteiger partial charge is 0.338 e. The molecule has 0 radical (unpaired) electrons. The highest BCUT2D eigenvalue weighted by atomic mass is 32.1. The number of carbonyl (C=O) groups is 2. The van der Waals surface area contributed by atoms with Crippen LogP contribution in [0.5, 0.6) is 0 Å². The molecule has 1 aromatic heterocycles. The third-order valence-electron chi connectivity index (χ3n) is 5.55. The van der Waals surface area contributed by atoms with Crippen molar-refractivity contribution in [2.75, 3.05) is 24.5 Å². The van der Waals surface area contributed by atoms with E-state index in [-0.39, 0.29) is 17.7 Å². The average molecular weight is 369 g/mol. The van der Waals surface area contributed by atoms with Gasteiger partial charge in [0.2, 0.25) is 5.91 Å². The van der Waals surface area contributed by atoms with Gasteiger partial charge in [-0.05, 0) is 55.2 Å². The molecular weight excluding hydrogens is 344 g/mol. The Morgan fingerprint density at radius 2 is 1.88 bits per heavy atom. The quantitative estimate of drug-likeness (QED) is 0.807. The molecule has 1 saturated heterocycles. The molecule has 4 nitrogen and oxygen atoms in total. The molecule has 0 unspecified atom stereocenters. The van der Waals surface area contributed by atoms with E-state index in [0.29, 0.717) is 13.1 Å². The number of para-hydroxylation sites is 1. The maximum absolute atomic E-state index is 13.2. The molecule has 26 heavy (non-hydrogen) atoms. The van der Waals surface area contributed by atoms with Crippen molar-refractivity contribution in [2.45, 2.75) is 32.6 Å². The van der Waals surface area contributed by atoms with Gasteiger partial charge < -0.3 is 9.80 Å². The Balaban J connectivity index is 1.44. The van der Waals surface area contributed by atoms with Gasteiger partial charge in [0, 0.05) is 31.2 Å². The number of hydrogen-bond donors (Lipinski definition) is 0. The molecule has 2 amide bonds. The molecule has 3 heterocycles. The van der Waals surface area contributed by atoms with Gasteiger partial charge in [0.15, 0.2) is 0 Å². The molecule has 0 spiro atoms. The third kappa shape index (κ3) is 3.16. The molecule has 4 rings (SSSR count). The van der Waals surface area contributed by atoms with Gasteiger partial charge >= 0.3 is 0 Å². The lowest BCUT2D eigenvalue weighted by molar-refractivity contribution is -0.123. The normalized spacial score (nSPS) is 17.9. The number of benzene rings is 1. The van der Waals surface area contributed by atoms with Gasteiger partial charge in [0.25, 0.3) is 5.91 Å². The summed E-state index contributed by atoms with van der Waals surface area (Å²) in [6.45, 7) is 4.24. The standard InChI is InChI=1S/C21H24N2O2S/c1-15-5-2-6-16-7-3-11-23(19(15)16)20(24)17-9-12-22(13-10-17)21(25)18-8-4-14-26-18/h2,4-6,8,14,17H,3,7,9-13H2,1H3. The van der Waals surface area contributed by atoms with Crippen LogP contribution in [0.1, 0.15) is 40.1 Å². The summed E-state index contributed by atoms with van der Waals surface area (Å²) < 4.78 is 0. The van der Waals surface area contributed by atoms with Crippen molar-refractivity contribution in [1.82, 2.24) is 4.90 Å². The van der Waals surface area contributed by atoms with Crippen LogP contribution in [0, 0.1) is 12.8 Å². The number of hydrogen-bond acceptors (Lipinski definition) is 3. The monoisotopic (exact) mass is 368 g/mol. The van der Waals surface area contributed by atoms with E-state index in [1.54, 1.807) is 0 Å². The molecule has 2 aromatic rings. The van der Waals surface area contributed by atoms with E-state index in [2.05, 4.69) is 25.1 Å². The van der Waals surface area contributed by atoms with Crippen molar-refractivity contribution in [3.8, 4) is 0 Å². The Hall–Kier alpha value is -2.14. The third-order valence-corrected chi connectivity index (χ3v) is 6.41. The summed E-state index contributed by atoms with van der Waals surface area (Å²) in [4.78, 5) is 30.4. The van der Waals surface area contributed by atoms with Crippen LogP contribution in [-0.2, 0) is 11.2 Å². The number of anilines is 1. The molecule has 0 aliphatic carbocycles. The highest BCUT2D eigenvalue weighted by Crippen LogP contribution is 2.33. The van der Waals surface area contributed by atoms with Gasteiger partial charge in [-0.1, -0.05) is 24.3 Å². The number of piperidine rings is 1. The molecule has 0 atom stereocenters. The predicted octanol–water partition coefficient (Wildman–Crippen LogP) is 3.89. The first-order chi connectivity index (χ1) is 12.6. The van der Waals surface area contributed by atoms with Gasteiger partial charge in [-0.25, -0.2) is 0 Å². The van der Waals surface area contributed by atoms with E-state index in [4.69, 9.17) is 0 Å². The van der Waals surface area contributed by atoms with Gasteiger partial charge in [-0.2, -0.15) is 0 Å². The number of fused-ring (bicyclic) bond motifs is 1. The number of likely N-dealkylation sites (tertiary alicyclic amines) is 1. The summed E-state index contributed by atoms with van der Waals surface area (Å²) in [5, 5.41) is 1.93. The highest BCUT2D eigenvalue weighted by molar-refractivity contribution is 7.12. The average Bonchev–Trinajstić information content (AvgIpc) is 3.21. The maximum Gasteiger partial charge on any atom is 0.263 e. The summed E-state index contributed by atoms with van der Waals surface area (Å²) in [5.74, 6) is 0.362. The number of thiophene rings is 1. The van der Waals surface area contributed by atoms with Gasteiger partial charge in [-0.15, -0.1) is 11.3 Å². The Bertz CT molecular complexity index is 807. The summed E-state index contributed by atoms with van der Waals surface area (Å²) in [6.07, 6.45) is 3.59. The molecule has 5 heteroatoms. The van der Waals surface area contributed by atoms with Crippen molar-refractivity contribution >= 4 is 28.8 Å². The number of nitrogens with zero attached hydrogens (tertiary/aromatic N) is 2. The number of carbonyl (C=O) groups excluding carboxylic acids is 2. The highest BCUT2D eigenvalue weighted by Gasteiger charge is 2.33. The lowest BCUT2D eigenvalue weighted by Gasteiger charge is -2.37. The molecule has 2 aliphatic heterocycles. The van der Waals surface area contributed by atoms with Crippen LogP contribution < -0.4 is 4.90 Å². The van der Waals surface area contributed by atoms with Crippen LogP contribution in [-0.4, -0.2) is 36.3 Å². The Labute approximate surface area is 158 Å². The van der Waals surface area contributed by atoms with E-state index >= 15 is 0 Å². The van der Waals surface area contributed by atoms with Crippen LogP contribution >= 0.6 is 11.3 Å². The summed E-state index contributed by atoms with van der Waals surface area (Å²) in [6, 6.07) is 10.1. The van der Waals surface area contributed by atoms with Crippen LogP contribution in [0.15, 0.2) is 35.7 Å². The Morgan fingerprint density at radius 1 is 1.08 bits per heavy atom. The summed E-state index contributed by atoms with van der Waals surface area (Å²) in [5.41, 5.74) is 3.59.